The van der Waals surface area contributed by atoms with Gasteiger partial charge in [0.25, 0.3) is 5.89 Å². The van der Waals surface area contributed by atoms with Crippen LogP contribution >= 0.6 is 0 Å². The predicted octanol–water partition coefficient (Wildman–Crippen LogP) is 3.18. The number of carbonyl (C=O) groups is 1. The molecule has 25 heavy (non-hydrogen) atoms. The molecule has 0 amide bonds. The van der Waals surface area contributed by atoms with Gasteiger partial charge in [-0.1, -0.05) is 49.3 Å². The molecule has 0 spiro atoms. The van der Waals surface area contributed by atoms with Crippen LogP contribution in [0.4, 0.5) is 0 Å². The molecule has 0 N–H and O–H groups in total. The molecule has 2 heterocycles. The van der Waals surface area contributed by atoms with Crippen molar-refractivity contribution in [3.8, 4) is 0 Å². The minimum atomic E-state index is -0.771. The van der Waals surface area contributed by atoms with E-state index in [1.807, 2.05) is 44.2 Å². The standard InChI is InChI=1S/C18H20N4O3/c1-11(2)14-10-15(22(4)20-14)18(23)24-16(13-8-6-5-7-9-13)17-19-12(3)21-25-17/h5-11,16H,1-4H3. The van der Waals surface area contributed by atoms with Crippen LogP contribution in [0.3, 0.4) is 0 Å². The van der Waals surface area contributed by atoms with E-state index in [0.29, 0.717) is 11.5 Å². The first-order chi connectivity index (χ1) is 12.0. The van der Waals surface area contributed by atoms with Crippen LogP contribution in [0.1, 0.15) is 59.3 Å². The summed E-state index contributed by atoms with van der Waals surface area (Å²) in [5.74, 6) is 0.445. The zero-order valence-corrected chi connectivity index (χ0v) is 14.6. The van der Waals surface area contributed by atoms with Gasteiger partial charge in [0, 0.05) is 12.6 Å². The van der Waals surface area contributed by atoms with Gasteiger partial charge in [-0.25, -0.2) is 4.79 Å². The summed E-state index contributed by atoms with van der Waals surface area (Å²) in [7, 11) is 1.72. The summed E-state index contributed by atoms with van der Waals surface area (Å²) in [6, 6.07) is 11.0. The van der Waals surface area contributed by atoms with E-state index >= 15 is 0 Å². The second-order valence-corrected chi connectivity index (χ2v) is 6.11. The van der Waals surface area contributed by atoms with Crippen LogP contribution in [0.15, 0.2) is 40.9 Å². The summed E-state index contributed by atoms with van der Waals surface area (Å²) in [6.45, 7) is 5.75. The lowest BCUT2D eigenvalue weighted by atomic mass is 10.1. The van der Waals surface area contributed by atoms with Crippen LogP contribution in [0.25, 0.3) is 0 Å². The monoisotopic (exact) mass is 340 g/mol. The summed E-state index contributed by atoms with van der Waals surface area (Å²) in [4.78, 5) is 16.9. The van der Waals surface area contributed by atoms with E-state index in [-0.39, 0.29) is 11.8 Å². The molecule has 2 aromatic heterocycles. The normalized spacial score (nSPS) is 12.4. The highest BCUT2D eigenvalue weighted by molar-refractivity contribution is 5.88. The Morgan fingerprint density at radius 1 is 1.24 bits per heavy atom. The number of nitrogens with zero attached hydrogens (tertiary/aromatic N) is 4. The number of rotatable bonds is 5. The van der Waals surface area contributed by atoms with Crippen molar-refractivity contribution in [1.82, 2.24) is 19.9 Å². The number of hydrogen-bond donors (Lipinski definition) is 0. The van der Waals surface area contributed by atoms with Crippen molar-refractivity contribution in [1.29, 1.82) is 0 Å². The van der Waals surface area contributed by atoms with Crippen molar-refractivity contribution in [2.45, 2.75) is 32.8 Å². The number of ether oxygens (including phenoxy) is 1. The maximum Gasteiger partial charge on any atom is 0.357 e. The maximum atomic E-state index is 12.7. The third-order valence-corrected chi connectivity index (χ3v) is 3.79. The molecule has 0 aliphatic carbocycles. The molecule has 130 valence electrons. The molecular formula is C18H20N4O3. The Labute approximate surface area is 145 Å². The number of carbonyl (C=O) groups excluding carboxylic acids is 1. The summed E-state index contributed by atoms with van der Waals surface area (Å²) in [5.41, 5.74) is 1.96. The summed E-state index contributed by atoms with van der Waals surface area (Å²) < 4.78 is 12.5. The van der Waals surface area contributed by atoms with Crippen molar-refractivity contribution >= 4 is 5.97 Å². The van der Waals surface area contributed by atoms with Gasteiger partial charge in [-0.05, 0) is 18.9 Å². The first-order valence-corrected chi connectivity index (χ1v) is 8.05. The minimum absolute atomic E-state index is 0.219. The van der Waals surface area contributed by atoms with E-state index in [1.165, 1.54) is 4.68 Å². The Morgan fingerprint density at radius 2 is 1.96 bits per heavy atom. The molecule has 0 saturated heterocycles. The number of benzene rings is 1. The molecule has 7 nitrogen and oxygen atoms in total. The van der Waals surface area contributed by atoms with Gasteiger partial charge in [0.1, 0.15) is 5.69 Å². The molecule has 3 rings (SSSR count). The van der Waals surface area contributed by atoms with E-state index in [1.54, 1.807) is 20.0 Å². The van der Waals surface area contributed by atoms with Crippen LogP contribution in [-0.4, -0.2) is 25.9 Å². The largest absolute Gasteiger partial charge is 0.443 e. The number of aryl methyl sites for hydroxylation is 2. The zero-order valence-electron chi connectivity index (χ0n) is 14.6. The first-order valence-electron chi connectivity index (χ1n) is 8.05. The number of aromatic nitrogens is 4. The SMILES string of the molecule is Cc1noc(C(OC(=O)c2cc(C(C)C)nn2C)c2ccccc2)n1. The van der Waals surface area contributed by atoms with Gasteiger partial charge in [-0.2, -0.15) is 10.1 Å². The van der Waals surface area contributed by atoms with Crippen molar-refractivity contribution in [2.24, 2.45) is 7.05 Å². The second-order valence-electron chi connectivity index (χ2n) is 6.11. The minimum Gasteiger partial charge on any atom is -0.443 e. The highest BCUT2D eigenvalue weighted by atomic mass is 16.6. The van der Waals surface area contributed by atoms with Gasteiger partial charge in [-0.3, -0.25) is 4.68 Å². The van der Waals surface area contributed by atoms with Gasteiger partial charge in [-0.15, -0.1) is 0 Å². The molecule has 0 radical (unpaired) electrons. The quantitative estimate of drug-likeness (QED) is 0.663. The Balaban J connectivity index is 1.91. The van der Waals surface area contributed by atoms with Crippen molar-refractivity contribution in [2.75, 3.05) is 0 Å². The Hall–Kier alpha value is -2.96. The van der Waals surface area contributed by atoms with Crippen molar-refractivity contribution in [3.63, 3.8) is 0 Å². The van der Waals surface area contributed by atoms with Crippen LogP contribution in [0.5, 0.6) is 0 Å². The molecular weight excluding hydrogens is 320 g/mol. The van der Waals surface area contributed by atoms with Crippen LogP contribution in [0, 0.1) is 6.92 Å². The first kappa shape index (κ1) is 16.9. The Bertz CT molecular complexity index is 868. The average Bonchev–Trinajstić information content (AvgIpc) is 3.19. The molecule has 1 atom stereocenters. The summed E-state index contributed by atoms with van der Waals surface area (Å²) in [6.07, 6.45) is -0.771. The van der Waals surface area contributed by atoms with Crippen molar-refractivity contribution in [3.05, 3.63) is 65.1 Å². The van der Waals surface area contributed by atoms with Gasteiger partial charge >= 0.3 is 5.97 Å². The molecule has 0 fully saturated rings. The maximum absolute atomic E-state index is 12.7. The van der Waals surface area contributed by atoms with Crippen molar-refractivity contribution < 1.29 is 14.1 Å². The third kappa shape index (κ3) is 3.60. The number of esters is 1. The van der Waals surface area contributed by atoms with Gasteiger partial charge < -0.3 is 9.26 Å². The van der Waals surface area contributed by atoms with E-state index in [2.05, 4.69) is 15.2 Å². The van der Waals surface area contributed by atoms with Crippen LogP contribution in [0.2, 0.25) is 0 Å². The lowest BCUT2D eigenvalue weighted by molar-refractivity contribution is 0.0302. The van der Waals surface area contributed by atoms with E-state index in [0.717, 1.165) is 11.3 Å². The Morgan fingerprint density at radius 3 is 2.52 bits per heavy atom. The average molecular weight is 340 g/mol. The lowest BCUT2D eigenvalue weighted by Crippen LogP contribution is -2.16. The molecule has 3 aromatic rings. The third-order valence-electron chi connectivity index (χ3n) is 3.79. The summed E-state index contributed by atoms with van der Waals surface area (Å²) >= 11 is 0. The van der Waals surface area contributed by atoms with E-state index < -0.39 is 12.1 Å². The highest BCUT2D eigenvalue weighted by Gasteiger charge is 2.27. The molecule has 1 aromatic carbocycles. The molecule has 0 saturated carbocycles. The zero-order chi connectivity index (χ0) is 18.0. The summed E-state index contributed by atoms with van der Waals surface area (Å²) in [5, 5.41) is 8.15. The lowest BCUT2D eigenvalue weighted by Gasteiger charge is -2.14. The predicted molar refractivity (Wildman–Crippen MR) is 90.0 cm³/mol. The molecule has 1 unspecified atom stereocenters. The molecule has 0 bridgehead atoms. The van der Waals surface area contributed by atoms with E-state index in [9.17, 15) is 4.79 Å². The van der Waals surface area contributed by atoms with Gasteiger partial charge in [0.2, 0.25) is 6.10 Å². The molecule has 0 aliphatic rings. The van der Waals surface area contributed by atoms with Crippen LogP contribution < -0.4 is 0 Å². The number of hydrogen-bond acceptors (Lipinski definition) is 6. The molecule has 7 heteroatoms. The smallest absolute Gasteiger partial charge is 0.357 e. The van der Waals surface area contributed by atoms with Gasteiger partial charge in [0.15, 0.2) is 5.82 Å². The van der Waals surface area contributed by atoms with E-state index in [4.69, 9.17) is 9.26 Å². The topological polar surface area (TPSA) is 83.0 Å². The van der Waals surface area contributed by atoms with Gasteiger partial charge in [0.05, 0.1) is 5.69 Å². The second kappa shape index (κ2) is 6.88. The fourth-order valence-corrected chi connectivity index (χ4v) is 2.44. The van der Waals surface area contributed by atoms with Crippen LogP contribution in [-0.2, 0) is 11.8 Å². The fourth-order valence-electron chi connectivity index (χ4n) is 2.44. The Kier molecular flexibility index (Phi) is 4.65. The highest BCUT2D eigenvalue weighted by Crippen LogP contribution is 2.26. The molecule has 0 aliphatic heterocycles. The fraction of sp³-hybridized carbons (Fsp3) is 0.333.